The molecule has 0 bridgehead atoms. The lowest BCUT2D eigenvalue weighted by Gasteiger charge is -2.37. The van der Waals surface area contributed by atoms with E-state index >= 15 is 0 Å². The maximum Gasteiger partial charge on any atom is 0.0153 e. The average Bonchev–Trinajstić information content (AvgIpc) is 2.77. The van der Waals surface area contributed by atoms with Gasteiger partial charge in [-0.25, -0.2) is 0 Å². The van der Waals surface area contributed by atoms with E-state index in [1.807, 2.05) is 0 Å². The van der Waals surface area contributed by atoms with Gasteiger partial charge >= 0.3 is 0 Å². The van der Waals surface area contributed by atoms with Crippen molar-refractivity contribution in [3.8, 4) is 0 Å². The largest absolute Gasteiger partial charge is 0.330 e. The predicted octanol–water partition coefficient (Wildman–Crippen LogP) is 3.21. The molecule has 17 heavy (non-hydrogen) atoms. The highest BCUT2D eigenvalue weighted by Gasteiger charge is 2.32. The van der Waals surface area contributed by atoms with Gasteiger partial charge in [0.05, 0.1) is 0 Å². The summed E-state index contributed by atoms with van der Waals surface area (Å²) in [6.07, 6.45) is 13.8. The zero-order valence-corrected chi connectivity index (χ0v) is 11.6. The molecule has 2 heteroatoms. The summed E-state index contributed by atoms with van der Waals surface area (Å²) in [5, 5.41) is 3.81. The van der Waals surface area contributed by atoms with Crippen molar-refractivity contribution in [3.63, 3.8) is 0 Å². The Bertz CT molecular complexity index is 225. The van der Waals surface area contributed by atoms with Gasteiger partial charge in [-0.15, -0.1) is 0 Å². The van der Waals surface area contributed by atoms with Crippen molar-refractivity contribution in [2.75, 3.05) is 13.1 Å². The lowest BCUT2D eigenvalue weighted by atomic mass is 9.72. The molecule has 0 aromatic rings. The molecule has 0 aromatic carbocycles. The Kier molecular flexibility index (Phi) is 4.48. The second-order valence-electron chi connectivity index (χ2n) is 6.71. The highest BCUT2D eigenvalue weighted by molar-refractivity contribution is 4.90. The first-order valence-electron chi connectivity index (χ1n) is 7.63. The van der Waals surface area contributed by atoms with E-state index in [2.05, 4.69) is 12.2 Å². The third kappa shape index (κ3) is 3.45. The van der Waals surface area contributed by atoms with Crippen LogP contribution in [0.2, 0.25) is 0 Å². The Hall–Kier alpha value is -0.0800. The molecule has 0 radical (unpaired) electrons. The SMILES string of the molecule is CC1(NCCC2(CN)CCCCC2)CCCC1. The van der Waals surface area contributed by atoms with Gasteiger partial charge < -0.3 is 11.1 Å². The van der Waals surface area contributed by atoms with Gasteiger partial charge in [-0.2, -0.15) is 0 Å². The second kappa shape index (κ2) is 5.71. The monoisotopic (exact) mass is 238 g/mol. The van der Waals surface area contributed by atoms with Crippen LogP contribution < -0.4 is 11.1 Å². The summed E-state index contributed by atoms with van der Waals surface area (Å²) in [4.78, 5) is 0. The molecule has 0 saturated heterocycles. The summed E-state index contributed by atoms with van der Waals surface area (Å²) >= 11 is 0. The maximum absolute atomic E-state index is 6.04. The quantitative estimate of drug-likeness (QED) is 0.772. The summed E-state index contributed by atoms with van der Waals surface area (Å²) in [7, 11) is 0. The molecule has 100 valence electrons. The molecule has 0 aromatic heterocycles. The molecular formula is C15H30N2. The lowest BCUT2D eigenvalue weighted by molar-refractivity contribution is 0.174. The minimum Gasteiger partial charge on any atom is -0.330 e. The summed E-state index contributed by atoms with van der Waals surface area (Å²) < 4.78 is 0. The van der Waals surface area contributed by atoms with Crippen LogP contribution >= 0.6 is 0 Å². The van der Waals surface area contributed by atoms with Crippen molar-refractivity contribution in [1.29, 1.82) is 0 Å². The van der Waals surface area contributed by atoms with E-state index in [1.165, 1.54) is 70.8 Å². The van der Waals surface area contributed by atoms with Crippen LogP contribution in [0.4, 0.5) is 0 Å². The Morgan fingerprint density at radius 3 is 2.12 bits per heavy atom. The predicted molar refractivity (Wildman–Crippen MR) is 74.1 cm³/mol. The molecule has 2 saturated carbocycles. The van der Waals surface area contributed by atoms with Crippen molar-refractivity contribution in [2.45, 2.75) is 76.7 Å². The Labute approximate surface area is 107 Å². The van der Waals surface area contributed by atoms with Crippen molar-refractivity contribution >= 4 is 0 Å². The first kappa shape index (κ1) is 13.4. The molecule has 0 amide bonds. The van der Waals surface area contributed by atoms with Gasteiger partial charge in [0.25, 0.3) is 0 Å². The molecule has 0 unspecified atom stereocenters. The second-order valence-corrected chi connectivity index (χ2v) is 6.71. The first-order valence-corrected chi connectivity index (χ1v) is 7.63. The number of hydrogen-bond donors (Lipinski definition) is 2. The molecule has 0 atom stereocenters. The minimum atomic E-state index is 0.435. The van der Waals surface area contributed by atoms with E-state index in [9.17, 15) is 0 Å². The Morgan fingerprint density at radius 1 is 0.941 bits per heavy atom. The summed E-state index contributed by atoms with van der Waals surface area (Å²) in [6, 6.07) is 0. The maximum atomic E-state index is 6.04. The third-order valence-electron chi connectivity index (χ3n) is 5.26. The molecule has 2 aliphatic rings. The van der Waals surface area contributed by atoms with Crippen molar-refractivity contribution in [1.82, 2.24) is 5.32 Å². The lowest BCUT2D eigenvalue weighted by Crippen LogP contribution is -2.43. The van der Waals surface area contributed by atoms with E-state index in [1.54, 1.807) is 0 Å². The van der Waals surface area contributed by atoms with Crippen LogP contribution in [0, 0.1) is 5.41 Å². The molecular weight excluding hydrogens is 208 g/mol. The molecule has 3 N–H and O–H groups in total. The van der Waals surface area contributed by atoms with Gasteiger partial charge in [0, 0.05) is 5.54 Å². The third-order valence-corrected chi connectivity index (χ3v) is 5.26. The van der Waals surface area contributed by atoms with Crippen molar-refractivity contribution in [3.05, 3.63) is 0 Å². The number of rotatable bonds is 5. The minimum absolute atomic E-state index is 0.435. The standard InChI is InChI=1S/C15H30N2/c1-14(7-5-6-8-14)17-12-11-15(13-16)9-3-2-4-10-15/h17H,2-13,16H2,1H3. The van der Waals surface area contributed by atoms with Gasteiger partial charge in [0.15, 0.2) is 0 Å². The highest BCUT2D eigenvalue weighted by Crippen LogP contribution is 2.38. The molecule has 2 rings (SSSR count). The van der Waals surface area contributed by atoms with Crippen LogP contribution in [0.3, 0.4) is 0 Å². The zero-order chi connectivity index (χ0) is 12.2. The Balaban J connectivity index is 1.75. The van der Waals surface area contributed by atoms with E-state index in [0.29, 0.717) is 11.0 Å². The van der Waals surface area contributed by atoms with E-state index < -0.39 is 0 Å². The van der Waals surface area contributed by atoms with Gasteiger partial charge in [0.2, 0.25) is 0 Å². The number of hydrogen-bond acceptors (Lipinski definition) is 2. The molecule has 2 nitrogen and oxygen atoms in total. The van der Waals surface area contributed by atoms with Crippen molar-refractivity contribution in [2.24, 2.45) is 11.1 Å². The molecule has 0 aliphatic heterocycles. The number of nitrogens with one attached hydrogen (secondary N) is 1. The topological polar surface area (TPSA) is 38.0 Å². The molecule has 0 spiro atoms. The summed E-state index contributed by atoms with van der Waals surface area (Å²) in [5.41, 5.74) is 6.95. The number of nitrogens with two attached hydrogens (primary N) is 1. The smallest absolute Gasteiger partial charge is 0.0153 e. The average molecular weight is 238 g/mol. The highest BCUT2D eigenvalue weighted by atomic mass is 15.0. The van der Waals surface area contributed by atoms with Crippen LogP contribution in [0.1, 0.15) is 71.1 Å². The van der Waals surface area contributed by atoms with Gasteiger partial charge in [-0.05, 0) is 57.5 Å². The van der Waals surface area contributed by atoms with Crippen LogP contribution in [0.5, 0.6) is 0 Å². The van der Waals surface area contributed by atoms with Crippen LogP contribution in [-0.2, 0) is 0 Å². The van der Waals surface area contributed by atoms with Gasteiger partial charge in [-0.3, -0.25) is 0 Å². The molecule has 2 aliphatic carbocycles. The van der Waals surface area contributed by atoms with E-state index in [4.69, 9.17) is 5.73 Å². The normalized spacial score (nSPS) is 27.2. The fourth-order valence-corrected chi connectivity index (χ4v) is 3.82. The molecule has 0 heterocycles. The Morgan fingerprint density at radius 2 is 1.53 bits per heavy atom. The first-order chi connectivity index (χ1) is 8.18. The van der Waals surface area contributed by atoms with E-state index in [-0.39, 0.29) is 0 Å². The fourth-order valence-electron chi connectivity index (χ4n) is 3.82. The van der Waals surface area contributed by atoms with Gasteiger partial charge in [0.1, 0.15) is 0 Å². The fraction of sp³-hybridized carbons (Fsp3) is 1.00. The van der Waals surface area contributed by atoms with Crippen LogP contribution in [-0.4, -0.2) is 18.6 Å². The van der Waals surface area contributed by atoms with E-state index in [0.717, 1.165) is 6.54 Å². The van der Waals surface area contributed by atoms with Crippen molar-refractivity contribution < 1.29 is 0 Å². The van der Waals surface area contributed by atoms with Crippen LogP contribution in [0.15, 0.2) is 0 Å². The summed E-state index contributed by atoms with van der Waals surface area (Å²) in [5.74, 6) is 0. The van der Waals surface area contributed by atoms with Crippen LogP contribution in [0.25, 0.3) is 0 Å². The summed E-state index contributed by atoms with van der Waals surface area (Å²) in [6.45, 7) is 4.47. The zero-order valence-electron chi connectivity index (χ0n) is 11.6. The van der Waals surface area contributed by atoms with Gasteiger partial charge in [-0.1, -0.05) is 32.1 Å². The molecule has 2 fully saturated rings.